The number of benzene rings is 3. The van der Waals surface area contributed by atoms with Gasteiger partial charge in [-0.05, 0) is 12.1 Å². The van der Waals surface area contributed by atoms with Crippen LogP contribution in [0.2, 0.25) is 5.02 Å². The number of nitriles is 1. The van der Waals surface area contributed by atoms with E-state index in [0.29, 0.717) is 22.3 Å². The maximum atomic E-state index is 9.50. The van der Waals surface area contributed by atoms with Crippen molar-refractivity contribution in [2.24, 2.45) is 4.99 Å². The predicted molar refractivity (Wildman–Crippen MR) is 129 cm³/mol. The zero-order chi connectivity index (χ0) is 23.0. The Morgan fingerprint density at radius 1 is 0.939 bits per heavy atom. The summed E-state index contributed by atoms with van der Waals surface area (Å²) in [7, 11) is 1.58. The van der Waals surface area contributed by atoms with Crippen molar-refractivity contribution in [2.75, 3.05) is 7.11 Å². The highest BCUT2D eigenvalue weighted by molar-refractivity contribution is 6.30. The van der Waals surface area contributed by atoms with Gasteiger partial charge in [0.15, 0.2) is 5.82 Å². The second kappa shape index (κ2) is 10.4. The van der Waals surface area contributed by atoms with Crippen LogP contribution in [0.5, 0.6) is 11.5 Å². The lowest BCUT2D eigenvalue weighted by atomic mass is 10.0. The Morgan fingerprint density at radius 3 is 2.21 bits per heavy atom. The van der Waals surface area contributed by atoms with Gasteiger partial charge >= 0.3 is 0 Å². The number of methoxy groups -OCH3 is 1. The maximum Gasteiger partial charge on any atom is 0.157 e. The molecule has 162 valence electrons. The van der Waals surface area contributed by atoms with E-state index in [1.54, 1.807) is 31.4 Å². The van der Waals surface area contributed by atoms with Gasteiger partial charge in [0, 0.05) is 33.8 Å². The minimum atomic E-state index is 0.217. The molecule has 0 bridgehead atoms. The third-order valence-corrected chi connectivity index (χ3v) is 5.10. The molecule has 5 nitrogen and oxygen atoms in total. The van der Waals surface area contributed by atoms with Gasteiger partial charge in [0.25, 0.3) is 0 Å². The molecular formula is C27H20ClN3O2. The molecule has 0 aliphatic heterocycles. The Hall–Kier alpha value is -4.14. The van der Waals surface area contributed by atoms with Gasteiger partial charge in [0.1, 0.15) is 29.9 Å². The molecule has 0 saturated carbocycles. The maximum absolute atomic E-state index is 9.50. The lowest BCUT2D eigenvalue weighted by Gasteiger charge is -2.12. The number of pyridine rings is 1. The fourth-order valence-corrected chi connectivity index (χ4v) is 3.45. The molecule has 3 aromatic carbocycles. The predicted octanol–water partition coefficient (Wildman–Crippen LogP) is 6.36. The Bertz CT molecular complexity index is 1280. The molecular weight excluding hydrogens is 434 g/mol. The average Bonchev–Trinajstić information content (AvgIpc) is 2.87. The summed E-state index contributed by atoms with van der Waals surface area (Å²) in [6.45, 7) is 0.239. The molecule has 0 spiro atoms. The molecule has 0 atom stereocenters. The topological polar surface area (TPSA) is 67.5 Å². The zero-order valence-electron chi connectivity index (χ0n) is 17.9. The largest absolute Gasteiger partial charge is 0.496 e. The van der Waals surface area contributed by atoms with Crippen molar-refractivity contribution in [1.82, 2.24) is 4.98 Å². The summed E-state index contributed by atoms with van der Waals surface area (Å²) in [4.78, 5) is 9.17. The van der Waals surface area contributed by atoms with Crippen molar-refractivity contribution < 1.29 is 9.47 Å². The average molecular weight is 454 g/mol. The molecule has 0 aliphatic carbocycles. The van der Waals surface area contributed by atoms with Crippen molar-refractivity contribution in [2.45, 2.75) is 6.61 Å². The summed E-state index contributed by atoms with van der Waals surface area (Å²) in [5.74, 6) is 1.50. The first-order chi connectivity index (χ1) is 16.2. The summed E-state index contributed by atoms with van der Waals surface area (Å²) in [6.07, 6.45) is 0. The first-order valence-electron chi connectivity index (χ1n) is 10.2. The Morgan fingerprint density at radius 2 is 1.61 bits per heavy atom. The van der Waals surface area contributed by atoms with Crippen molar-refractivity contribution in [1.29, 1.82) is 5.26 Å². The minimum Gasteiger partial charge on any atom is -0.496 e. The second-order valence-corrected chi connectivity index (χ2v) is 7.53. The minimum absolute atomic E-state index is 0.217. The molecule has 0 N–H and O–H groups in total. The van der Waals surface area contributed by atoms with Gasteiger partial charge in [0.05, 0.1) is 12.8 Å². The van der Waals surface area contributed by atoms with Crippen LogP contribution in [-0.2, 0) is 6.61 Å². The van der Waals surface area contributed by atoms with Crippen molar-refractivity contribution in [3.63, 3.8) is 0 Å². The number of aliphatic imine (C=N–C) groups is 1. The molecule has 0 amide bonds. The second-order valence-electron chi connectivity index (χ2n) is 7.10. The molecule has 33 heavy (non-hydrogen) atoms. The Labute approximate surface area is 197 Å². The van der Waals surface area contributed by atoms with Gasteiger partial charge in [-0.1, -0.05) is 78.3 Å². The highest BCUT2D eigenvalue weighted by Crippen LogP contribution is 2.27. The SMILES string of the molecule is COc1cc(Cl)ccc1COc1cc(C#N)nc(N=C(c2ccccc2)c2ccccc2)c1. The lowest BCUT2D eigenvalue weighted by Crippen LogP contribution is -2.03. The van der Waals surface area contributed by atoms with E-state index >= 15 is 0 Å². The van der Waals surface area contributed by atoms with Crippen LogP contribution >= 0.6 is 11.6 Å². The fourth-order valence-electron chi connectivity index (χ4n) is 3.29. The molecule has 1 aromatic heterocycles. The quantitative estimate of drug-likeness (QED) is 0.305. The number of halogens is 1. The molecule has 6 heteroatoms. The lowest BCUT2D eigenvalue weighted by molar-refractivity contribution is 0.296. The molecule has 0 aliphatic rings. The standard InChI is InChI=1S/C27H20ClN3O2/c1-32-25-14-22(28)13-12-21(25)18-33-24-15-23(17-29)30-26(16-24)31-27(19-8-4-2-5-9-19)20-10-6-3-7-11-20/h2-16H,18H2,1H3. The number of ether oxygens (including phenoxy) is 2. The molecule has 0 saturated heterocycles. The molecule has 1 heterocycles. The van der Waals surface area contributed by atoms with Gasteiger partial charge in [-0.2, -0.15) is 5.26 Å². The fraction of sp³-hybridized carbons (Fsp3) is 0.0741. The van der Waals surface area contributed by atoms with E-state index in [1.165, 1.54) is 0 Å². The zero-order valence-corrected chi connectivity index (χ0v) is 18.7. The molecule has 4 rings (SSSR count). The van der Waals surface area contributed by atoms with Crippen LogP contribution in [0, 0.1) is 11.3 Å². The number of hydrogen-bond acceptors (Lipinski definition) is 5. The highest BCUT2D eigenvalue weighted by atomic mass is 35.5. The number of aromatic nitrogens is 1. The first-order valence-corrected chi connectivity index (χ1v) is 10.6. The van der Waals surface area contributed by atoms with E-state index in [0.717, 1.165) is 22.4 Å². The summed E-state index contributed by atoms with van der Waals surface area (Å²) in [6, 6.07) is 30.5. The van der Waals surface area contributed by atoms with Crippen LogP contribution in [0.1, 0.15) is 22.4 Å². The first kappa shape index (κ1) is 22.1. The van der Waals surface area contributed by atoms with E-state index in [2.05, 4.69) is 11.1 Å². The summed E-state index contributed by atoms with van der Waals surface area (Å²) >= 11 is 6.04. The molecule has 4 aromatic rings. The van der Waals surface area contributed by atoms with Gasteiger partial charge in [0.2, 0.25) is 0 Å². The van der Waals surface area contributed by atoms with Gasteiger partial charge in [-0.3, -0.25) is 0 Å². The Balaban J connectivity index is 1.70. The monoisotopic (exact) mass is 453 g/mol. The third-order valence-electron chi connectivity index (χ3n) is 4.86. The summed E-state index contributed by atoms with van der Waals surface area (Å²) in [5, 5.41) is 10.1. The summed E-state index contributed by atoms with van der Waals surface area (Å²) in [5.41, 5.74) is 3.69. The van der Waals surface area contributed by atoms with Crippen LogP contribution < -0.4 is 9.47 Å². The summed E-state index contributed by atoms with van der Waals surface area (Å²) < 4.78 is 11.3. The van der Waals surface area contributed by atoms with Crippen LogP contribution in [0.15, 0.2) is 96.0 Å². The van der Waals surface area contributed by atoms with E-state index in [4.69, 9.17) is 26.1 Å². The molecule has 0 fully saturated rings. The van der Waals surface area contributed by atoms with Gasteiger partial charge in [-0.25, -0.2) is 9.98 Å². The highest BCUT2D eigenvalue weighted by Gasteiger charge is 2.11. The van der Waals surface area contributed by atoms with Gasteiger partial charge < -0.3 is 9.47 Å². The van der Waals surface area contributed by atoms with Crippen LogP contribution in [0.25, 0.3) is 0 Å². The smallest absolute Gasteiger partial charge is 0.157 e. The van der Waals surface area contributed by atoms with Crippen LogP contribution in [-0.4, -0.2) is 17.8 Å². The van der Waals surface area contributed by atoms with E-state index in [-0.39, 0.29) is 12.3 Å². The van der Waals surface area contributed by atoms with Crippen LogP contribution in [0.3, 0.4) is 0 Å². The van der Waals surface area contributed by atoms with Crippen LogP contribution in [0.4, 0.5) is 5.82 Å². The van der Waals surface area contributed by atoms with E-state index < -0.39 is 0 Å². The normalized spacial score (nSPS) is 10.2. The third kappa shape index (κ3) is 5.57. The van der Waals surface area contributed by atoms with Crippen molar-refractivity contribution >= 4 is 23.1 Å². The van der Waals surface area contributed by atoms with Gasteiger partial charge in [-0.15, -0.1) is 0 Å². The van der Waals surface area contributed by atoms with E-state index in [9.17, 15) is 5.26 Å². The Kier molecular flexibility index (Phi) is 6.99. The van der Waals surface area contributed by atoms with Crippen molar-refractivity contribution in [3.05, 3.63) is 118 Å². The molecule has 0 unspecified atom stereocenters. The number of nitrogens with zero attached hydrogens (tertiary/aromatic N) is 3. The number of rotatable bonds is 7. The van der Waals surface area contributed by atoms with Crippen molar-refractivity contribution in [3.8, 4) is 17.6 Å². The van der Waals surface area contributed by atoms with E-state index in [1.807, 2.05) is 66.7 Å². The number of hydrogen-bond donors (Lipinski definition) is 0. The molecule has 0 radical (unpaired) electrons.